The smallest absolute Gasteiger partial charge is 0.206 e. The molecule has 0 bridgehead atoms. The summed E-state index contributed by atoms with van der Waals surface area (Å²) in [7, 11) is 0. The molecule has 96 valence electrons. The molecule has 1 aromatic heterocycles. The zero-order valence-electron chi connectivity index (χ0n) is 9.57. The number of halogens is 3. The van der Waals surface area contributed by atoms with Crippen LogP contribution < -0.4 is 5.73 Å². The fourth-order valence-electron chi connectivity index (χ4n) is 2.00. The summed E-state index contributed by atoms with van der Waals surface area (Å²) >= 11 is 2.11. The van der Waals surface area contributed by atoms with Crippen LogP contribution >= 0.6 is 22.6 Å². The summed E-state index contributed by atoms with van der Waals surface area (Å²) in [6.45, 7) is 0. The lowest BCUT2D eigenvalue weighted by Crippen LogP contribution is -2.03. The van der Waals surface area contributed by atoms with Gasteiger partial charge in [0.2, 0.25) is 5.95 Å². The van der Waals surface area contributed by atoms with Gasteiger partial charge in [0.25, 0.3) is 0 Å². The lowest BCUT2D eigenvalue weighted by molar-refractivity contribution is 0.514. The molecular weight excluding hydrogens is 363 g/mol. The van der Waals surface area contributed by atoms with Gasteiger partial charge in [0.1, 0.15) is 5.52 Å². The molecule has 0 fully saturated rings. The van der Waals surface area contributed by atoms with Crippen LogP contribution in [0, 0.1) is 15.2 Å². The third-order valence-electron chi connectivity index (χ3n) is 2.83. The van der Waals surface area contributed by atoms with Gasteiger partial charge in [0.05, 0.1) is 11.2 Å². The van der Waals surface area contributed by atoms with Crippen molar-refractivity contribution < 1.29 is 8.78 Å². The zero-order valence-corrected chi connectivity index (χ0v) is 11.7. The summed E-state index contributed by atoms with van der Waals surface area (Å²) in [5.74, 6) is -1.73. The molecule has 0 unspecified atom stereocenters. The molecule has 6 heteroatoms. The van der Waals surface area contributed by atoms with Gasteiger partial charge in [-0.1, -0.05) is 12.1 Å². The number of imidazole rings is 1. The lowest BCUT2D eigenvalue weighted by Gasteiger charge is -2.09. The highest BCUT2D eigenvalue weighted by Gasteiger charge is 2.18. The van der Waals surface area contributed by atoms with E-state index in [1.54, 1.807) is 12.1 Å². The minimum Gasteiger partial charge on any atom is -0.369 e. The molecule has 3 rings (SSSR count). The van der Waals surface area contributed by atoms with Gasteiger partial charge < -0.3 is 5.73 Å². The summed E-state index contributed by atoms with van der Waals surface area (Å²) in [5, 5.41) is 0. The Morgan fingerprint density at radius 3 is 2.58 bits per heavy atom. The molecule has 1 heterocycles. The highest BCUT2D eigenvalue weighted by molar-refractivity contribution is 14.1. The largest absolute Gasteiger partial charge is 0.369 e. The predicted octanol–water partition coefficient (Wildman–Crippen LogP) is 3.49. The van der Waals surface area contributed by atoms with Crippen molar-refractivity contribution in [1.29, 1.82) is 0 Å². The fraction of sp³-hybridized carbons (Fsp3) is 0. The third kappa shape index (κ3) is 1.86. The molecule has 0 atom stereocenters. The molecule has 0 saturated heterocycles. The number of anilines is 1. The number of fused-ring (bicyclic) bond motifs is 1. The van der Waals surface area contributed by atoms with E-state index in [1.165, 1.54) is 10.6 Å². The molecule has 0 aliphatic carbocycles. The van der Waals surface area contributed by atoms with Crippen molar-refractivity contribution in [3.05, 3.63) is 51.6 Å². The summed E-state index contributed by atoms with van der Waals surface area (Å²) in [6.07, 6.45) is 0. The number of nitrogens with two attached hydrogens (primary N) is 1. The van der Waals surface area contributed by atoms with Crippen molar-refractivity contribution in [3.63, 3.8) is 0 Å². The first kappa shape index (κ1) is 12.3. The second-order valence-corrected chi connectivity index (χ2v) is 5.15. The first-order valence-corrected chi connectivity index (χ1v) is 6.54. The Hall–Kier alpha value is -1.70. The Bertz CT molecular complexity index is 783. The van der Waals surface area contributed by atoms with Crippen LogP contribution in [0.4, 0.5) is 14.7 Å². The van der Waals surface area contributed by atoms with E-state index in [0.717, 1.165) is 9.64 Å². The molecule has 0 radical (unpaired) electrons. The van der Waals surface area contributed by atoms with Crippen molar-refractivity contribution in [2.24, 2.45) is 0 Å². The number of para-hydroxylation sites is 1. The van der Waals surface area contributed by atoms with E-state index in [9.17, 15) is 8.78 Å². The van der Waals surface area contributed by atoms with Crippen molar-refractivity contribution in [1.82, 2.24) is 9.55 Å². The Morgan fingerprint density at radius 2 is 1.84 bits per heavy atom. The quantitative estimate of drug-likeness (QED) is 0.666. The second-order valence-electron chi connectivity index (χ2n) is 3.99. The summed E-state index contributed by atoms with van der Waals surface area (Å²) in [5.41, 5.74) is 6.89. The van der Waals surface area contributed by atoms with E-state index in [4.69, 9.17) is 5.73 Å². The molecule has 2 N–H and O–H groups in total. The average molecular weight is 371 g/mol. The van der Waals surface area contributed by atoms with Crippen LogP contribution in [-0.2, 0) is 0 Å². The van der Waals surface area contributed by atoms with Crippen LogP contribution in [0.5, 0.6) is 0 Å². The second kappa shape index (κ2) is 4.44. The Morgan fingerprint density at radius 1 is 1.11 bits per heavy atom. The summed E-state index contributed by atoms with van der Waals surface area (Å²) in [4.78, 5) is 4.06. The summed E-state index contributed by atoms with van der Waals surface area (Å²) < 4.78 is 29.7. The maximum absolute atomic E-state index is 14.0. The Balaban J connectivity index is 2.45. The van der Waals surface area contributed by atoms with E-state index >= 15 is 0 Å². The fourth-order valence-corrected chi connectivity index (χ4v) is 2.63. The molecule has 0 aliphatic heterocycles. The molecule has 0 saturated carbocycles. The Labute approximate surface area is 121 Å². The van der Waals surface area contributed by atoms with Gasteiger partial charge in [-0.3, -0.25) is 4.57 Å². The highest BCUT2D eigenvalue weighted by atomic mass is 127. The number of benzene rings is 2. The first-order chi connectivity index (χ1) is 9.09. The van der Waals surface area contributed by atoms with Gasteiger partial charge in [0.15, 0.2) is 11.6 Å². The van der Waals surface area contributed by atoms with Gasteiger partial charge in [-0.05, 0) is 46.9 Å². The number of nitrogens with zero attached hydrogens (tertiary/aromatic N) is 2. The topological polar surface area (TPSA) is 43.8 Å². The number of rotatable bonds is 1. The van der Waals surface area contributed by atoms with Crippen LogP contribution in [-0.4, -0.2) is 9.55 Å². The monoisotopic (exact) mass is 371 g/mol. The van der Waals surface area contributed by atoms with Gasteiger partial charge in [0, 0.05) is 3.57 Å². The molecule has 19 heavy (non-hydrogen) atoms. The van der Waals surface area contributed by atoms with Gasteiger partial charge in [-0.15, -0.1) is 0 Å². The molecule has 3 nitrogen and oxygen atoms in total. The molecule has 3 aromatic rings. The SMILES string of the molecule is Nc1nc2ccc(F)c(F)c2n1-c1ccccc1I. The van der Waals surface area contributed by atoms with Crippen LogP contribution in [0.3, 0.4) is 0 Å². The first-order valence-electron chi connectivity index (χ1n) is 5.46. The predicted molar refractivity (Wildman–Crippen MR) is 78.1 cm³/mol. The van der Waals surface area contributed by atoms with E-state index in [2.05, 4.69) is 27.6 Å². The van der Waals surface area contributed by atoms with Gasteiger partial charge in [-0.2, -0.15) is 0 Å². The van der Waals surface area contributed by atoms with Crippen LogP contribution in [0.1, 0.15) is 0 Å². The molecule has 0 spiro atoms. The molecule has 0 amide bonds. The number of hydrogen-bond donors (Lipinski definition) is 1. The van der Waals surface area contributed by atoms with Crippen LogP contribution in [0.25, 0.3) is 16.7 Å². The summed E-state index contributed by atoms with van der Waals surface area (Å²) in [6, 6.07) is 9.76. The van der Waals surface area contributed by atoms with Crippen molar-refractivity contribution in [2.75, 3.05) is 5.73 Å². The number of aromatic nitrogens is 2. The van der Waals surface area contributed by atoms with E-state index < -0.39 is 11.6 Å². The Kier molecular flexibility index (Phi) is 2.89. The normalized spacial score (nSPS) is 11.1. The maximum Gasteiger partial charge on any atom is 0.206 e. The van der Waals surface area contributed by atoms with Crippen molar-refractivity contribution >= 4 is 39.6 Å². The van der Waals surface area contributed by atoms with Gasteiger partial charge in [-0.25, -0.2) is 13.8 Å². The van der Waals surface area contributed by atoms with Crippen LogP contribution in [0.2, 0.25) is 0 Å². The lowest BCUT2D eigenvalue weighted by atomic mass is 10.2. The zero-order chi connectivity index (χ0) is 13.6. The van der Waals surface area contributed by atoms with E-state index in [1.807, 2.05) is 12.1 Å². The van der Waals surface area contributed by atoms with Gasteiger partial charge >= 0.3 is 0 Å². The standard InChI is InChI=1S/C13H8F2IN3/c14-7-5-6-9-12(11(7)15)19(13(17)18-9)10-4-2-1-3-8(10)16/h1-6H,(H2,17,18). The van der Waals surface area contributed by atoms with Crippen molar-refractivity contribution in [3.8, 4) is 5.69 Å². The third-order valence-corrected chi connectivity index (χ3v) is 3.74. The minimum absolute atomic E-state index is 0.0571. The van der Waals surface area contributed by atoms with Crippen molar-refractivity contribution in [2.45, 2.75) is 0 Å². The minimum atomic E-state index is -0.943. The average Bonchev–Trinajstić information content (AvgIpc) is 2.72. The van der Waals surface area contributed by atoms with E-state index in [0.29, 0.717) is 11.2 Å². The molecular formula is C13H8F2IN3. The number of hydrogen-bond acceptors (Lipinski definition) is 2. The van der Waals surface area contributed by atoms with E-state index in [-0.39, 0.29) is 11.5 Å². The highest BCUT2D eigenvalue weighted by Crippen LogP contribution is 2.28. The molecule has 2 aromatic carbocycles. The van der Waals surface area contributed by atoms with Crippen LogP contribution in [0.15, 0.2) is 36.4 Å². The molecule has 0 aliphatic rings. The maximum atomic E-state index is 14.0. The number of nitrogen functional groups attached to an aromatic ring is 1.